The van der Waals surface area contributed by atoms with E-state index in [1.54, 1.807) is 12.3 Å². The summed E-state index contributed by atoms with van der Waals surface area (Å²) in [6, 6.07) is 1.99. The zero-order valence-corrected chi connectivity index (χ0v) is 16.0. The van der Waals surface area contributed by atoms with Crippen LogP contribution < -0.4 is 5.11 Å². The fourth-order valence-electron chi connectivity index (χ4n) is 2.59. The molecule has 25 heavy (non-hydrogen) atoms. The molecule has 0 atom stereocenters. The van der Waals surface area contributed by atoms with Crippen LogP contribution in [0.15, 0.2) is 22.5 Å². The van der Waals surface area contributed by atoms with Gasteiger partial charge in [0.2, 0.25) is 0 Å². The smallest absolute Gasteiger partial charge is 0.266 e. The van der Waals surface area contributed by atoms with E-state index in [4.69, 9.17) is 12.2 Å². The van der Waals surface area contributed by atoms with Crippen molar-refractivity contribution in [2.24, 2.45) is 0 Å². The molecule has 0 bridgehead atoms. The van der Waals surface area contributed by atoms with E-state index in [-0.39, 0.29) is 18.9 Å². The maximum atomic E-state index is 12.5. The van der Waals surface area contributed by atoms with Gasteiger partial charge in [-0.1, -0.05) is 24.0 Å². The Labute approximate surface area is 158 Å². The molecule has 0 N–H and O–H groups in total. The molecular weight excluding hydrogens is 378 g/mol. The van der Waals surface area contributed by atoms with Gasteiger partial charge >= 0.3 is 0 Å². The lowest BCUT2D eigenvalue weighted by atomic mass is 10.2. The molecular formula is C16H14N3O3S3-. The highest BCUT2D eigenvalue weighted by Gasteiger charge is 2.31. The lowest BCUT2D eigenvalue weighted by molar-refractivity contribution is -0.305. The second-order valence-electron chi connectivity index (χ2n) is 5.43. The highest BCUT2D eigenvalue weighted by atomic mass is 32.2. The Morgan fingerprint density at radius 2 is 2.20 bits per heavy atom. The molecule has 9 heteroatoms. The SMILES string of the molecule is Cc1cc(/C=C2\SC(=S)N(CCC(=O)[O-])C2=O)c(C)n1-c1nccs1. The van der Waals surface area contributed by atoms with E-state index in [0.717, 1.165) is 22.1 Å². The molecule has 0 spiro atoms. The zero-order valence-electron chi connectivity index (χ0n) is 13.5. The number of thiazole rings is 1. The van der Waals surface area contributed by atoms with Crippen LogP contribution in [-0.4, -0.2) is 37.2 Å². The molecule has 1 saturated heterocycles. The summed E-state index contributed by atoms with van der Waals surface area (Å²) in [6.07, 6.45) is 3.31. The van der Waals surface area contributed by atoms with Crippen LogP contribution in [0.2, 0.25) is 0 Å². The molecule has 1 fully saturated rings. The van der Waals surface area contributed by atoms with E-state index in [2.05, 4.69) is 4.98 Å². The third kappa shape index (κ3) is 3.53. The monoisotopic (exact) mass is 392 g/mol. The minimum absolute atomic E-state index is 0.0302. The minimum Gasteiger partial charge on any atom is -0.550 e. The van der Waals surface area contributed by atoms with E-state index in [0.29, 0.717) is 9.23 Å². The van der Waals surface area contributed by atoms with Crippen molar-refractivity contribution in [1.82, 2.24) is 14.5 Å². The molecule has 0 saturated carbocycles. The number of thiocarbonyl (C=S) groups is 1. The van der Waals surface area contributed by atoms with Gasteiger partial charge in [-0.15, -0.1) is 11.3 Å². The molecule has 0 aromatic carbocycles. The number of amides is 1. The normalized spacial score (nSPS) is 16.2. The van der Waals surface area contributed by atoms with E-state index in [9.17, 15) is 14.7 Å². The molecule has 2 aromatic heterocycles. The van der Waals surface area contributed by atoms with Crippen molar-refractivity contribution in [3.8, 4) is 5.13 Å². The van der Waals surface area contributed by atoms with Gasteiger partial charge in [-0.25, -0.2) is 4.98 Å². The van der Waals surface area contributed by atoms with Crippen LogP contribution in [0.5, 0.6) is 0 Å². The number of hydrogen-bond donors (Lipinski definition) is 0. The van der Waals surface area contributed by atoms with Crippen molar-refractivity contribution in [2.75, 3.05) is 6.54 Å². The average Bonchev–Trinajstić information content (AvgIpc) is 3.21. The Hall–Kier alpha value is -1.97. The van der Waals surface area contributed by atoms with Crippen molar-refractivity contribution in [3.05, 3.63) is 39.5 Å². The number of carbonyl (C=O) groups is 2. The van der Waals surface area contributed by atoms with Crippen molar-refractivity contribution >= 4 is 57.6 Å². The van der Waals surface area contributed by atoms with Crippen LogP contribution in [0.25, 0.3) is 11.2 Å². The van der Waals surface area contributed by atoms with E-state index < -0.39 is 5.97 Å². The summed E-state index contributed by atoms with van der Waals surface area (Å²) < 4.78 is 2.40. The second-order valence-corrected chi connectivity index (χ2v) is 7.98. The largest absolute Gasteiger partial charge is 0.550 e. The summed E-state index contributed by atoms with van der Waals surface area (Å²) in [5, 5.41) is 13.4. The first-order chi connectivity index (χ1) is 11.9. The maximum Gasteiger partial charge on any atom is 0.266 e. The minimum atomic E-state index is -1.20. The number of aliphatic carboxylic acids is 1. The first kappa shape index (κ1) is 17.8. The molecule has 2 aromatic rings. The number of carboxylic acids is 1. The van der Waals surface area contributed by atoms with Crippen LogP contribution in [0.4, 0.5) is 0 Å². The summed E-state index contributed by atoms with van der Waals surface area (Å²) in [4.78, 5) is 29.2. The van der Waals surface area contributed by atoms with Gasteiger partial charge in [0.15, 0.2) is 5.13 Å². The first-order valence-electron chi connectivity index (χ1n) is 7.42. The number of nitrogens with zero attached hydrogens (tertiary/aromatic N) is 3. The van der Waals surface area contributed by atoms with Gasteiger partial charge in [-0.3, -0.25) is 14.3 Å². The van der Waals surface area contributed by atoms with E-state index in [1.807, 2.05) is 29.9 Å². The van der Waals surface area contributed by atoms with Gasteiger partial charge in [0.25, 0.3) is 5.91 Å². The molecule has 3 heterocycles. The Morgan fingerprint density at radius 1 is 1.44 bits per heavy atom. The summed E-state index contributed by atoms with van der Waals surface area (Å²) in [7, 11) is 0. The molecule has 1 aliphatic heterocycles. The Balaban J connectivity index is 1.89. The standard InChI is InChI=1S/C16H15N3O3S3/c1-9-7-11(10(2)19(9)15-17-4-6-24-15)8-12-14(22)18(16(23)25-12)5-3-13(20)21/h4,6-8H,3,5H2,1-2H3,(H,20,21)/p-1/b12-8-. The number of carboxylic acid groups (broad SMARTS) is 1. The van der Waals surface area contributed by atoms with E-state index in [1.165, 1.54) is 28.0 Å². The van der Waals surface area contributed by atoms with Crippen molar-refractivity contribution < 1.29 is 14.7 Å². The fourth-order valence-corrected chi connectivity index (χ4v) is 4.64. The van der Waals surface area contributed by atoms with Crippen LogP contribution in [0.1, 0.15) is 23.4 Å². The molecule has 1 aliphatic rings. The average molecular weight is 393 g/mol. The summed E-state index contributed by atoms with van der Waals surface area (Å²) in [6.45, 7) is 3.98. The van der Waals surface area contributed by atoms with Gasteiger partial charge in [0, 0.05) is 41.9 Å². The third-order valence-corrected chi connectivity index (χ3v) is 5.91. The van der Waals surface area contributed by atoms with Crippen molar-refractivity contribution in [2.45, 2.75) is 20.3 Å². The quantitative estimate of drug-likeness (QED) is 0.571. The predicted octanol–water partition coefficient (Wildman–Crippen LogP) is 1.89. The van der Waals surface area contributed by atoms with Crippen LogP contribution >= 0.6 is 35.3 Å². The van der Waals surface area contributed by atoms with Gasteiger partial charge in [-0.05, 0) is 31.6 Å². The molecule has 0 aliphatic carbocycles. The van der Waals surface area contributed by atoms with Crippen LogP contribution in [0, 0.1) is 13.8 Å². The molecule has 0 unspecified atom stereocenters. The number of thioether (sulfide) groups is 1. The van der Waals surface area contributed by atoms with Gasteiger partial charge in [0.05, 0.1) is 4.91 Å². The maximum absolute atomic E-state index is 12.5. The van der Waals surface area contributed by atoms with Gasteiger partial charge < -0.3 is 9.90 Å². The van der Waals surface area contributed by atoms with Crippen LogP contribution in [-0.2, 0) is 9.59 Å². The molecule has 6 nitrogen and oxygen atoms in total. The second kappa shape index (κ2) is 7.11. The summed E-state index contributed by atoms with van der Waals surface area (Å²) in [5.41, 5.74) is 2.91. The predicted molar refractivity (Wildman–Crippen MR) is 100 cm³/mol. The lowest BCUT2D eigenvalue weighted by Crippen LogP contribution is -2.33. The number of aryl methyl sites for hydroxylation is 1. The molecule has 0 radical (unpaired) electrons. The Morgan fingerprint density at radius 3 is 2.84 bits per heavy atom. The van der Waals surface area contributed by atoms with E-state index >= 15 is 0 Å². The van der Waals surface area contributed by atoms with Crippen LogP contribution in [0.3, 0.4) is 0 Å². The van der Waals surface area contributed by atoms with Crippen molar-refractivity contribution in [3.63, 3.8) is 0 Å². The Kier molecular flexibility index (Phi) is 5.07. The Bertz CT molecular complexity index is 884. The zero-order chi connectivity index (χ0) is 18.1. The number of aromatic nitrogens is 2. The number of rotatable bonds is 5. The highest BCUT2D eigenvalue weighted by Crippen LogP contribution is 2.34. The van der Waals surface area contributed by atoms with Gasteiger partial charge in [-0.2, -0.15) is 0 Å². The number of carbonyl (C=O) groups excluding carboxylic acids is 2. The van der Waals surface area contributed by atoms with Gasteiger partial charge in [0.1, 0.15) is 4.32 Å². The molecule has 1 amide bonds. The topological polar surface area (TPSA) is 78.3 Å². The third-order valence-electron chi connectivity index (χ3n) is 3.78. The lowest BCUT2D eigenvalue weighted by Gasteiger charge is -2.14. The summed E-state index contributed by atoms with van der Waals surface area (Å²) in [5.74, 6) is -1.47. The molecule has 3 rings (SSSR count). The summed E-state index contributed by atoms with van der Waals surface area (Å²) >= 11 is 7.91. The number of hydrogen-bond acceptors (Lipinski definition) is 7. The van der Waals surface area contributed by atoms with Crippen molar-refractivity contribution in [1.29, 1.82) is 0 Å². The highest BCUT2D eigenvalue weighted by molar-refractivity contribution is 8.26. The first-order valence-corrected chi connectivity index (χ1v) is 9.53. The fraction of sp³-hybridized carbons (Fsp3) is 0.250. The molecule has 130 valence electrons.